The Morgan fingerprint density at radius 2 is 1.89 bits per heavy atom. The second-order valence-corrected chi connectivity index (χ2v) is 7.84. The van der Waals surface area contributed by atoms with Gasteiger partial charge in [-0.15, -0.1) is 11.3 Å². The first kappa shape index (κ1) is 13.6. The summed E-state index contributed by atoms with van der Waals surface area (Å²) in [4.78, 5) is 0. The van der Waals surface area contributed by atoms with E-state index in [1.54, 1.807) is 0 Å². The molecule has 1 heterocycles. The van der Waals surface area contributed by atoms with Gasteiger partial charge in [0.2, 0.25) is 0 Å². The largest absolute Gasteiger partial charge is 0.144 e. The predicted molar refractivity (Wildman–Crippen MR) is 83.5 cm³/mol. The SMILES string of the molecule is CC(C)Cc1csc2cc(CC(C)(C)C)ccc12. The molecule has 0 radical (unpaired) electrons. The van der Waals surface area contributed by atoms with E-state index >= 15 is 0 Å². The van der Waals surface area contributed by atoms with Crippen molar-refractivity contribution in [1.29, 1.82) is 0 Å². The molecule has 0 nitrogen and oxygen atoms in total. The molecule has 0 aliphatic carbocycles. The Bertz CT molecular complexity index is 526. The van der Waals surface area contributed by atoms with E-state index in [4.69, 9.17) is 0 Å². The normalized spacial score (nSPS) is 12.6. The minimum absolute atomic E-state index is 0.367. The monoisotopic (exact) mass is 260 g/mol. The molecule has 0 atom stereocenters. The highest BCUT2D eigenvalue weighted by molar-refractivity contribution is 7.17. The summed E-state index contributed by atoms with van der Waals surface area (Å²) in [6, 6.07) is 7.02. The van der Waals surface area contributed by atoms with Crippen LogP contribution in [0.5, 0.6) is 0 Å². The number of rotatable bonds is 3. The average molecular weight is 260 g/mol. The topological polar surface area (TPSA) is 0 Å². The Balaban J connectivity index is 2.31. The lowest BCUT2D eigenvalue weighted by atomic mass is 9.88. The van der Waals surface area contributed by atoms with Crippen molar-refractivity contribution in [2.75, 3.05) is 0 Å². The lowest BCUT2D eigenvalue weighted by Crippen LogP contribution is -2.08. The third-order valence-electron chi connectivity index (χ3n) is 3.08. The van der Waals surface area contributed by atoms with Gasteiger partial charge >= 0.3 is 0 Å². The van der Waals surface area contributed by atoms with Crippen molar-refractivity contribution < 1.29 is 0 Å². The molecule has 0 bridgehead atoms. The summed E-state index contributed by atoms with van der Waals surface area (Å²) in [7, 11) is 0. The molecular weight excluding hydrogens is 236 g/mol. The highest BCUT2D eigenvalue weighted by Gasteiger charge is 2.12. The van der Waals surface area contributed by atoms with Crippen LogP contribution in [0.1, 0.15) is 45.7 Å². The smallest absolute Gasteiger partial charge is 0.0348 e. The van der Waals surface area contributed by atoms with Gasteiger partial charge < -0.3 is 0 Å². The van der Waals surface area contributed by atoms with E-state index in [1.165, 1.54) is 27.6 Å². The molecule has 0 N–H and O–H groups in total. The summed E-state index contributed by atoms with van der Waals surface area (Å²) >= 11 is 1.90. The molecule has 1 aromatic carbocycles. The standard InChI is InChI=1S/C17H24S/c1-12(2)8-14-11-18-16-9-13(6-7-15(14)16)10-17(3,4)5/h6-7,9,11-12H,8,10H2,1-5H3. The first-order chi connectivity index (χ1) is 8.35. The number of fused-ring (bicyclic) bond motifs is 1. The molecule has 0 saturated carbocycles. The van der Waals surface area contributed by atoms with Gasteiger partial charge in [-0.25, -0.2) is 0 Å². The lowest BCUT2D eigenvalue weighted by Gasteiger charge is -2.18. The summed E-state index contributed by atoms with van der Waals surface area (Å²) in [5, 5.41) is 3.80. The van der Waals surface area contributed by atoms with Crippen molar-refractivity contribution in [3.05, 3.63) is 34.7 Å². The third-order valence-corrected chi connectivity index (χ3v) is 4.08. The molecule has 1 heteroatoms. The fourth-order valence-electron chi connectivity index (χ4n) is 2.45. The summed E-state index contributed by atoms with van der Waals surface area (Å²) in [6.45, 7) is 11.5. The van der Waals surface area contributed by atoms with Crippen LogP contribution in [0.2, 0.25) is 0 Å². The Hall–Kier alpha value is -0.820. The quantitative estimate of drug-likeness (QED) is 0.665. The Morgan fingerprint density at radius 1 is 1.17 bits per heavy atom. The van der Waals surface area contributed by atoms with Crippen molar-refractivity contribution in [3.63, 3.8) is 0 Å². The van der Waals surface area contributed by atoms with E-state index in [-0.39, 0.29) is 0 Å². The van der Waals surface area contributed by atoms with Crippen molar-refractivity contribution in [2.24, 2.45) is 11.3 Å². The fraction of sp³-hybridized carbons (Fsp3) is 0.529. The van der Waals surface area contributed by atoms with E-state index in [0.717, 1.165) is 12.3 Å². The van der Waals surface area contributed by atoms with E-state index < -0.39 is 0 Å². The zero-order valence-electron chi connectivity index (χ0n) is 12.2. The van der Waals surface area contributed by atoms with Gasteiger partial charge in [0.1, 0.15) is 0 Å². The van der Waals surface area contributed by atoms with E-state index in [2.05, 4.69) is 58.2 Å². The summed E-state index contributed by atoms with van der Waals surface area (Å²) in [6.07, 6.45) is 2.35. The number of thiophene rings is 1. The van der Waals surface area contributed by atoms with Gasteiger partial charge in [0.05, 0.1) is 0 Å². The van der Waals surface area contributed by atoms with Crippen molar-refractivity contribution in [2.45, 2.75) is 47.5 Å². The molecule has 0 amide bonds. The van der Waals surface area contributed by atoms with E-state index in [1.807, 2.05) is 11.3 Å². The van der Waals surface area contributed by atoms with Crippen LogP contribution in [0.15, 0.2) is 23.6 Å². The number of benzene rings is 1. The third kappa shape index (κ3) is 3.35. The number of hydrogen-bond donors (Lipinski definition) is 0. The Labute approximate surface area is 115 Å². The van der Waals surface area contributed by atoms with Crippen molar-refractivity contribution >= 4 is 21.4 Å². The maximum absolute atomic E-state index is 2.38. The maximum atomic E-state index is 2.38. The van der Waals surface area contributed by atoms with E-state index in [0.29, 0.717) is 5.41 Å². The van der Waals surface area contributed by atoms with Crippen LogP contribution in [0.25, 0.3) is 10.1 Å². The first-order valence-electron chi connectivity index (χ1n) is 6.84. The van der Waals surface area contributed by atoms with Crippen LogP contribution < -0.4 is 0 Å². The summed E-state index contributed by atoms with van der Waals surface area (Å²) in [5.74, 6) is 0.733. The van der Waals surface area contributed by atoms with Gasteiger partial charge in [-0.05, 0) is 52.1 Å². The molecule has 2 aromatic rings. The second kappa shape index (κ2) is 5.05. The Kier molecular flexibility index (Phi) is 3.82. The average Bonchev–Trinajstić information content (AvgIpc) is 2.57. The van der Waals surface area contributed by atoms with E-state index in [9.17, 15) is 0 Å². The molecule has 0 fully saturated rings. The van der Waals surface area contributed by atoms with Crippen molar-refractivity contribution in [1.82, 2.24) is 0 Å². The fourth-order valence-corrected chi connectivity index (χ4v) is 3.49. The second-order valence-electron chi connectivity index (χ2n) is 6.93. The first-order valence-corrected chi connectivity index (χ1v) is 7.72. The molecule has 2 rings (SSSR count). The van der Waals surface area contributed by atoms with Crippen LogP contribution in [0.3, 0.4) is 0 Å². The Morgan fingerprint density at radius 3 is 2.50 bits per heavy atom. The summed E-state index contributed by atoms with van der Waals surface area (Å²) in [5.41, 5.74) is 3.35. The highest BCUT2D eigenvalue weighted by atomic mass is 32.1. The minimum Gasteiger partial charge on any atom is -0.144 e. The lowest BCUT2D eigenvalue weighted by molar-refractivity contribution is 0.411. The van der Waals surface area contributed by atoms with Gasteiger partial charge in [0.15, 0.2) is 0 Å². The molecule has 0 saturated heterocycles. The van der Waals surface area contributed by atoms with Gasteiger partial charge in [-0.1, -0.05) is 46.8 Å². The molecular formula is C17H24S. The maximum Gasteiger partial charge on any atom is 0.0348 e. The minimum atomic E-state index is 0.367. The summed E-state index contributed by atoms with van der Waals surface area (Å²) < 4.78 is 1.45. The molecule has 98 valence electrons. The molecule has 0 unspecified atom stereocenters. The van der Waals surface area contributed by atoms with Crippen LogP contribution in [0.4, 0.5) is 0 Å². The van der Waals surface area contributed by atoms with Crippen LogP contribution >= 0.6 is 11.3 Å². The van der Waals surface area contributed by atoms with Gasteiger partial charge in [0, 0.05) is 4.70 Å². The molecule has 18 heavy (non-hydrogen) atoms. The van der Waals surface area contributed by atoms with Gasteiger partial charge in [-0.3, -0.25) is 0 Å². The predicted octanol–water partition coefficient (Wildman–Crippen LogP) is 5.69. The zero-order valence-corrected chi connectivity index (χ0v) is 13.0. The molecule has 0 spiro atoms. The van der Waals surface area contributed by atoms with Crippen LogP contribution in [-0.4, -0.2) is 0 Å². The molecule has 1 aromatic heterocycles. The van der Waals surface area contributed by atoms with Gasteiger partial charge in [-0.2, -0.15) is 0 Å². The van der Waals surface area contributed by atoms with Crippen LogP contribution in [0, 0.1) is 11.3 Å². The van der Waals surface area contributed by atoms with Crippen LogP contribution in [-0.2, 0) is 12.8 Å². The highest BCUT2D eigenvalue weighted by Crippen LogP contribution is 2.30. The van der Waals surface area contributed by atoms with Crippen molar-refractivity contribution in [3.8, 4) is 0 Å². The van der Waals surface area contributed by atoms with Gasteiger partial charge in [0.25, 0.3) is 0 Å². The molecule has 0 aliphatic heterocycles. The zero-order chi connectivity index (χ0) is 13.3. The molecule has 0 aliphatic rings. The number of hydrogen-bond acceptors (Lipinski definition) is 1.